The third kappa shape index (κ3) is 2.73. The lowest BCUT2D eigenvalue weighted by Crippen LogP contribution is -2.13. The number of imidazole rings is 1. The minimum absolute atomic E-state index is 0.307. The fourth-order valence-electron chi connectivity index (χ4n) is 1.72. The van der Waals surface area contributed by atoms with E-state index in [2.05, 4.69) is 9.97 Å². The van der Waals surface area contributed by atoms with Crippen LogP contribution < -0.4 is 5.73 Å². The monoisotopic (exact) mass is 251 g/mol. The molecule has 1 aromatic heterocycles. The second-order valence-corrected chi connectivity index (χ2v) is 4.41. The average molecular weight is 251 g/mol. The number of nitrogens with one attached hydrogen (secondary N) is 1. The van der Waals surface area contributed by atoms with E-state index in [0.29, 0.717) is 30.1 Å². The van der Waals surface area contributed by atoms with Crippen LogP contribution in [0, 0.1) is 17.6 Å². The van der Waals surface area contributed by atoms with E-state index >= 15 is 0 Å². The van der Waals surface area contributed by atoms with Gasteiger partial charge < -0.3 is 10.7 Å². The fraction of sp³-hybridized carbons (Fsp3) is 0.308. The van der Waals surface area contributed by atoms with E-state index in [1.165, 1.54) is 12.1 Å². The maximum atomic E-state index is 13.6. The number of aromatic amines is 1. The number of benzene rings is 1. The number of halogens is 2. The van der Waals surface area contributed by atoms with Gasteiger partial charge in [-0.2, -0.15) is 0 Å². The zero-order valence-corrected chi connectivity index (χ0v) is 10.1. The molecule has 96 valence electrons. The van der Waals surface area contributed by atoms with Crippen molar-refractivity contribution in [1.82, 2.24) is 9.97 Å². The van der Waals surface area contributed by atoms with Crippen LogP contribution in [-0.4, -0.2) is 16.5 Å². The molecule has 0 radical (unpaired) electrons. The summed E-state index contributed by atoms with van der Waals surface area (Å²) in [4.78, 5) is 7.20. The van der Waals surface area contributed by atoms with Crippen molar-refractivity contribution < 1.29 is 8.78 Å². The number of rotatable bonds is 4. The van der Waals surface area contributed by atoms with E-state index in [9.17, 15) is 8.78 Å². The van der Waals surface area contributed by atoms with Gasteiger partial charge in [-0.15, -0.1) is 0 Å². The molecule has 2 rings (SSSR count). The molecule has 1 unspecified atom stereocenters. The normalized spacial score (nSPS) is 12.7. The number of nitrogens with zero attached hydrogens (tertiary/aromatic N) is 1. The van der Waals surface area contributed by atoms with Crippen molar-refractivity contribution in [3.63, 3.8) is 0 Å². The molecule has 1 heterocycles. The predicted molar refractivity (Wildman–Crippen MR) is 65.9 cm³/mol. The molecule has 3 nitrogen and oxygen atoms in total. The fourth-order valence-corrected chi connectivity index (χ4v) is 1.72. The Morgan fingerprint density at radius 1 is 1.39 bits per heavy atom. The SMILES string of the molecule is CC(CN)Cc1ncc(-c2ccc(F)cc2F)[nH]1. The summed E-state index contributed by atoms with van der Waals surface area (Å²) in [6.07, 6.45) is 2.26. The van der Waals surface area contributed by atoms with Crippen molar-refractivity contribution in [3.05, 3.63) is 41.9 Å². The third-order valence-corrected chi connectivity index (χ3v) is 2.79. The molecule has 0 bridgehead atoms. The van der Waals surface area contributed by atoms with Gasteiger partial charge in [0.15, 0.2) is 0 Å². The van der Waals surface area contributed by atoms with Gasteiger partial charge in [0, 0.05) is 18.1 Å². The van der Waals surface area contributed by atoms with Crippen LogP contribution in [0.25, 0.3) is 11.3 Å². The number of aromatic nitrogens is 2. The van der Waals surface area contributed by atoms with Crippen LogP contribution in [0.1, 0.15) is 12.7 Å². The van der Waals surface area contributed by atoms with E-state index in [1.807, 2.05) is 6.92 Å². The van der Waals surface area contributed by atoms with Crippen molar-refractivity contribution in [3.8, 4) is 11.3 Å². The highest BCUT2D eigenvalue weighted by molar-refractivity contribution is 5.59. The minimum Gasteiger partial charge on any atom is -0.342 e. The Morgan fingerprint density at radius 2 is 2.17 bits per heavy atom. The van der Waals surface area contributed by atoms with Crippen LogP contribution in [0.3, 0.4) is 0 Å². The van der Waals surface area contributed by atoms with E-state index in [1.54, 1.807) is 6.20 Å². The molecule has 0 amide bonds. The van der Waals surface area contributed by atoms with Crippen LogP contribution in [0.4, 0.5) is 8.78 Å². The van der Waals surface area contributed by atoms with Gasteiger partial charge in [-0.25, -0.2) is 13.8 Å². The molecule has 0 aliphatic heterocycles. The highest BCUT2D eigenvalue weighted by Crippen LogP contribution is 2.22. The summed E-state index contributed by atoms with van der Waals surface area (Å²) < 4.78 is 26.4. The average Bonchev–Trinajstić information content (AvgIpc) is 2.77. The number of hydrogen-bond donors (Lipinski definition) is 2. The molecule has 1 atom stereocenters. The van der Waals surface area contributed by atoms with Gasteiger partial charge >= 0.3 is 0 Å². The van der Waals surface area contributed by atoms with E-state index in [0.717, 1.165) is 11.9 Å². The first-order valence-electron chi connectivity index (χ1n) is 5.79. The Balaban J connectivity index is 2.24. The summed E-state index contributed by atoms with van der Waals surface area (Å²) in [6.45, 7) is 2.58. The lowest BCUT2D eigenvalue weighted by Gasteiger charge is -2.04. The van der Waals surface area contributed by atoms with Crippen LogP contribution >= 0.6 is 0 Å². The number of hydrogen-bond acceptors (Lipinski definition) is 2. The smallest absolute Gasteiger partial charge is 0.135 e. The number of nitrogens with two attached hydrogens (primary N) is 1. The Labute approximate surface area is 104 Å². The lowest BCUT2D eigenvalue weighted by atomic mass is 10.1. The highest BCUT2D eigenvalue weighted by Gasteiger charge is 2.10. The summed E-state index contributed by atoms with van der Waals surface area (Å²) in [5.41, 5.74) is 6.40. The van der Waals surface area contributed by atoms with Crippen LogP contribution in [0.15, 0.2) is 24.4 Å². The summed E-state index contributed by atoms with van der Waals surface area (Å²) in [5, 5.41) is 0. The quantitative estimate of drug-likeness (QED) is 0.877. The van der Waals surface area contributed by atoms with Gasteiger partial charge in [0.05, 0.1) is 11.9 Å². The molecule has 1 aromatic carbocycles. The van der Waals surface area contributed by atoms with Gasteiger partial charge in [0.1, 0.15) is 17.5 Å². The van der Waals surface area contributed by atoms with E-state index < -0.39 is 11.6 Å². The Morgan fingerprint density at radius 3 is 2.83 bits per heavy atom. The Hall–Kier alpha value is -1.75. The maximum absolute atomic E-state index is 13.6. The molecular weight excluding hydrogens is 236 g/mol. The first-order chi connectivity index (χ1) is 8.60. The van der Waals surface area contributed by atoms with Crippen molar-refractivity contribution in [1.29, 1.82) is 0 Å². The zero-order valence-electron chi connectivity index (χ0n) is 10.1. The van der Waals surface area contributed by atoms with Crippen molar-refractivity contribution in [2.45, 2.75) is 13.3 Å². The van der Waals surface area contributed by atoms with Crippen molar-refractivity contribution in [2.24, 2.45) is 11.7 Å². The van der Waals surface area contributed by atoms with E-state index in [4.69, 9.17) is 5.73 Å². The summed E-state index contributed by atoms with van der Waals surface area (Å²) >= 11 is 0. The van der Waals surface area contributed by atoms with Gasteiger partial charge in [0.25, 0.3) is 0 Å². The molecule has 0 spiro atoms. The van der Waals surface area contributed by atoms with Crippen molar-refractivity contribution in [2.75, 3.05) is 6.54 Å². The molecule has 0 fully saturated rings. The molecule has 18 heavy (non-hydrogen) atoms. The third-order valence-electron chi connectivity index (χ3n) is 2.79. The molecule has 0 saturated carbocycles. The molecule has 2 aromatic rings. The summed E-state index contributed by atoms with van der Waals surface area (Å²) in [7, 11) is 0. The van der Waals surface area contributed by atoms with E-state index in [-0.39, 0.29) is 0 Å². The maximum Gasteiger partial charge on any atom is 0.135 e. The molecule has 5 heteroatoms. The molecular formula is C13H15F2N3. The van der Waals surface area contributed by atoms with Crippen LogP contribution in [0.5, 0.6) is 0 Å². The Bertz CT molecular complexity index is 537. The summed E-state index contributed by atoms with van der Waals surface area (Å²) in [5.74, 6) is -0.126. The summed E-state index contributed by atoms with van der Waals surface area (Å²) in [6, 6.07) is 3.48. The first kappa shape index (κ1) is 12.7. The van der Waals surface area contributed by atoms with Gasteiger partial charge in [-0.3, -0.25) is 0 Å². The lowest BCUT2D eigenvalue weighted by molar-refractivity contribution is 0.576. The van der Waals surface area contributed by atoms with Gasteiger partial charge in [-0.1, -0.05) is 6.92 Å². The Kier molecular flexibility index (Phi) is 3.72. The molecule has 3 N–H and O–H groups in total. The van der Waals surface area contributed by atoms with Crippen LogP contribution in [-0.2, 0) is 6.42 Å². The predicted octanol–water partition coefficient (Wildman–Crippen LogP) is 2.49. The molecule has 0 aliphatic rings. The van der Waals surface area contributed by atoms with Gasteiger partial charge in [-0.05, 0) is 24.6 Å². The highest BCUT2D eigenvalue weighted by atomic mass is 19.1. The van der Waals surface area contributed by atoms with Gasteiger partial charge in [0.2, 0.25) is 0 Å². The van der Waals surface area contributed by atoms with Crippen molar-refractivity contribution >= 4 is 0 Å². The number of H-pyrrole nitrogens is 1. The largest absolute Gasteiger partial charge is 0.342 e. The minimum atomic E-state index is -0.600. The standard InChI is InChI=1S/C13H15F2N3/c1-8(6-16)4-13-17-7-12(18-13)10-3-2-9(14)5-11(10)15/h2-3,5,7-8H,4,6,16H2,1H3,(H,17,18). The topological polar surface area (TPSA) is 54.7 Å². The zero-order chi connectivity index (χ0) is 13.1. The first-order valence-corrected chi connectivity index (χ1v) is 5.79. The second-order valence-electron chi connectivity index (χ2n) is 4.41. The molecule has 0 aliphatic carbocycles. The van der Waals surface area contributed by atoms with Crippen LogP contribution in [0.2, 0.25) is 0 Å². The second kappa shape index (κ2) is 5.27. The molecule has 0 saturated heterocycles.